The molecule has 0 N–H and O–H groups in total. The van der Waals surface area contributed by atoms with E-state index >= 15 is 0 Å². The molecule has 0 spiro atoms. The van der Waals surface area contributed by atoms with Crippen molar-refractivity contribution in [3.63, 3.8) is 0 Å². The van der Waals surface area contributed by atoms with E-state index in [4.69, 9.17) is 13.9 Å². The van der Waals surface area contributed by atoms with Crippen molar-refractivity contribution in [3.05, 3.63) is 24.3 Å². The fourth-order valence-electron chi connectivity index (χ4n) is 2.48. The summed E-state index contributed by atoms with van der Waals surface area (Å²) < 4.78 is 16.4. The molecule has 2 heterocycles. The van der Waals surface area contributed by atoms with Crippen molar-refractivity contribution in [2.24, 2.45) is 0 Å². The molecule has 0 aliphatic carbocycles. The van der Waals surface area contributed by atoms with E-state index < -0.39 is 0 Å². The van der Waals surface area contributed by atoms with E-state index in [0.29, 0.717) is 44.0 Å². The number of hydrogen-bond donors (Lipinski definition) is 0. The van der Waals surface area contributed by atoms with Gasteiger partial charge in [-0.25, -0.2) is 0 Å². The zero-order valence-electron chi connectivity index (χ0n) is 14.3. The second-order valence-corrected chi connectivity index (χ2v) is 6.82. The Hall–Kier alpha value is -2.06. The molecule has 1 aliphatic heterocycles. The summed E-state index contributed by atoms with van der Waals surface area (Å²) in [5.74, 6) is 1.29. The number of amides is 1. The molecule has 0 saturated carbocycles. The summed E-state index contributed by atoms with van der Waals surface area (Å²) in [4.78, 5) is 14.2. The van der Waals surface area contributed by atoms with E-state index in [1.807, 2.05) is 43.0 Å². The molecule has 1 atom stereocenters. The maximum absolute atomic E-state index is 12.4. The molecule has 0 unspecified atom stereocenters. The van der Waals surface area contributed by atoms with Crippen LogP contribution in [-0.2, 0) is 9.53 Å². The molecule has 1 aromatic heterocycles. The van der Waals surface area contributed by atoms with Crippen LogP contribution in [0.25, 0.3) is 11.5 Å². The highest BCUT2D eigenvalue weighted by Gasteiger charge is 2.25. The highest BCUT2D eigenvalue weighted by molar-refractivity contribution is 8.00. The van der Waals surface area contributed by atoms with Crippen molar-refractivity contribution in [3.8, 4) is 17.2 Å². The average Bonchev–Trinajstić information content (AvgIpc) is 3.11. The Labute approximate surface area is 150 Å². The van der Waals surface area contributed by atoms with Gasteiger partial charge in [0, 0.05) is 18.7 Å². The highest BCUT2D eigenvalue weighted by Crippen LogP contribution is 2.28. The maximum atomic E-state index is 12.4. The van der Waals surface area contributed by atoms with Gasteiger partial charge in [-0.2, -0.15) is 0 Å². The lowest BCUT2D eigenvalue weighted by atomic mass is 10.2. The molecule has 134 valence electrons. The van der Waals surface area contributed by atoms with Crippen LogP contribution in [0, 0.1) is 0 Å². The van der Waals surface area contributed by atoms with E-state index in [1.165, 1.54) is 11.8 Å². The summed E-state index contributed by atoms with van der Waals surface area (Å²) in [5.41, 5.74) is 0.815. The van der Waals surface area contributed by atoms with Gasteiger partial charge in [-0.05, 0) is 38.1 Å². The van der Waals surface area contributed by atoms with Crippen molar-refractivity contribution in [2.75, 3.05) is 32.9 Å². The Balaban J connectivity index is 1.61. The van der Waals surface area contributed by atoms with E-state index in [0.717, 1.165) is 11.3 Å². The largest absolute Gasteiger partial charge is 0.494 e. The summed E-state index contributed by atoms with van der Waals surface area (Å²) in [6, 6.07) is 7.46. The number of morpholine rings is 1. The molecular weight excluding hydrogens is 342 g/mol. The molecule has 7 nitrogen and oxygen atoms in total. The summed E-state index contributed by atoms with van der Waals surface area (Å²) in [5, 5.41) is 8.20. The number of rotatable bonds is 6. The fourth-order valence-corrected chi connectivity index (χ4v) is 3.24. The van der Waals surface area contributed by atoms with Gasteiger partial charge in [0.2, 0.25) is 11.8 Å². The van der Waals surface area contributed by atoms with Crippen molar-refractivity contribution < 1.29 is 18.7 Å². The van der Waals surface area contributed by atoms with Crippen LogP contribution in [-0.4, -0.2) is 59.2 Å². The molecule has 0 radical (unpaired) electrons. The molecule has 1 saturated heterocycles. The van der Waals surface area contributed by atoms with Gasteiger partial charge in [0.15, 0.2) is 0 Å². The van der Waals surface area contributed by atoms with Gasteiger partial charge < -0.3 is 18.8 Å². The van der Waals surface area contributed by atoms with Crippen LogP contribution in [0.4, 0.5) is 0 Å². The van der Waals surface area contributed by atoms with Crippen molar-refractivity contribution in [1.82, 2.24) is 15.1 Å². The minimum Gasteiger partial charge on any atom is -0.494 e. The van der Waals surface area contributed by atoms with E-state index in [1.54, 1.807) is 0 Å². The summed E-state index contributed by atoms with van der Waals surface area (Å²) >= 11 is 1.28. The number of nitrogens with zero attached hydrogens (tertiary/aromatic N) is 3. The van der Waals surface area contributed by atoms with Crippen LogP contribution in [0.1, 0.15) is 13.8 Å². The number of aromatic nitrogens is 2. The Kier molecular flexibility index (Phi) is 5.93. The molecule has 1 fully saturated rings. The first-order valence-electron chi connectivity index (χ1n) is 8.27. The predicted octanol–water partition coefficient (Wildman–Crippen LogP) is 2.47. The molecule has 0 bridgehead atoms. The number of carbonyl (C=O) groups excluding carboxylic acids is 1. The molecule has 2 aromatic rings. The zero-order valence-corrected chi connectivity index (χ0v) is 15.1. The molecule has 8 heteroatoms. The smallest absolute Gasteiger partial charge is 0.277 e. The predicted molar refractivity (Wildman–Crippen MR) is 93.6 cm³/mol. The normalized spacial score (nSPS) is 15.8. The van der Waals surface area contributed by atoms with Gasteiger partial charge in [-0.1, -0.05) is 11.8 Å². The van der Waals surface area contributed by atoms with Gasteiger partial charge >= 0.3 is 0 Å². The summed E-state index contributed by atoms with van der Waals surface area (Å²) in [7, 11) is 0. The Bertz CT molecular complexity index is 698. The Morgan fingerprint density at radius 2 is 2.00 bits per heavy atom. The number of thioether (sulfide) groups is 1. The van der Waals surface area contributed by atoms with Crippen molar-refractivity contribution in [1.29, 1.82) is 0 Å². The lowest BCUT2D eigenvalue weighted by Crippen LogP contribution is -2.44. The molecule has 1 aliphatic rings. The second-order valence-electron chi connectivity index (χ2n) is 5.53. The first-order valence-corrected chi connectivity index (χ1v) is 9.15. The van der Waals surface area contributed by atoms with Crippen LogP contribution in [0.15, 0.2) is 33.9 Å². The van der Waals surface area contributed by atoms with Crippen LogP contribution >= 0.6 is 11.8 Å². The lowest BCUT2D eigenvalue weighted by molar-refractivity contribution is -0.134. The molecule has 3 rings (SSSR count). The Morgan fingerprint density at radius 1 is 1.28 bits per heavy atom. The quantitative estimate of drug-likeness (QED) is 0.730. The van der Waals surface area contributed by atoms with Gasteiger partial charge in [0.25, 0.3) is 5.22 Å². The van der Waals surface area contributed by atoms with Crippen LogP contribution < -0.4 is 4.74 Å². The van der Waals surface area contributed by atoms with Gasteiger partial charge in [-0.3, -0.25) is 4.79 Å². The van der Waals surface area contributed by atoms with E-state index in [2.05, 4.69) is 10.2 Å². The molecule has 25 heavy (non-hydrogen) atoms. The topological polar surface area (TPSA) is 77.7 Å². The van der Waals surface area contributed by atoms with Crippen molar-refractivity contribution >= 4 is 17.7 Å². The van der Waals surface area contributed by atoms with Crippen LogP contribution in [0.5, 0.6) is 5.75 Å². The third kappa shape index (κ3) is 4.52. The fraction of sp³-hybridized carbons (Fsp3) is 0.471. The third-order valence-corrected chi connectivity index (χ3v) is 4.69. The maximum Gasteiger partial charge on any atom is 0.277 e. The van der Waals surface area contributed by atoms with E-state index in [-0.39, 0.29) is 11.2 Å². The van der Waals surface area contributed by atoms with Gasteiger partial charge in [0.1, 0.15) is 5.75 Å². The van der Waals surface area contributed by atoms with Crippen LogP contribution in [0.3, 0.4) is 0 Å². The molecule has 1 amide bonds. The molecular formula is C17H21N3O4S. The lowest BCUT2D eigenvalue weighted by Gasteiger charge is -2.28. The van der Waals surface area contributed by atoms with Crippen molar-refractivity contribution in [2.45, 2.75) is 24.3 Å². The standard InChI is InChI=1S/C17H21N3O4S/c1-3-23-14-6-4-13(5-7-14)15-18-19-17(24-15)25-12(2)16(21)20-8-10-22-11-9-20/h4-7,12H,3,8-11H2,1-2H3/t12-/m1/s1. The minimum atomic E-state index is -0.285. The van der Waals surface area contributed by atoms with Gasteiger partial charge in [0.05, 0.1) is 25.1 Å². The van der Waals surface area contributed by atoms with Crippen LogP contribution in [0.2, 0.25) is 0 Å². The monoisotopic (exact) mass is 363 g/mol. The summed E-state index contributed by atoms with van der Waals surface area (Å²) in [6.45, 7) is 6.85. The highest BCUT2D eigenvalue weighted by atomic mass is 32.2. The molecule has 1 aromatic carbocycles. The number of benzene rings is 1. The third-order valence-electron chi connectivity index (χ3n) is 3.77. The SMILES string of the molecule is CCOc1ccc(-c2nnc(S[C@H](C)C(=O)N3CCOCC3)o2)cc1. The first-order chi connectivity index (χ1) is 12.2. The van der Waals surface area contributed by atoms with Gasteiger partial charge in [-0.15, -0.1) is 10.2 Å². The second kappa shape index (κ2) is 8.35. The van der Waals surface area contributed by atoms with E-state index in [9.17, 15) is 4.79 Å². The number of carbonyl (C=O) groups is 1. The average molecular weight is 363 g/mol. The number of hydrogen-bond acceptors (Lipinski definition) is 7. The first kappa shape index (κ1) is 17.8. The summed E-state index contributed by atoms with van der Waals surface area (Å²) in [6.07, 6.45) is 0. The Morgan fingerprint density at radius 3 is 2.68 bits per heavy atom. The zero-order chi connectivity index (χ0) is 17.6. The minimum absolute atomic E-state index is 0.0640. The number of ether oxygens (including phenoxy) is 2.